The number of carbonyl (C=O) groups is 4. The summed E-state index contributed by atoms with van der Waals surface area (Å²) in [4.78, 5) is 54.9. The Bertz CT molecular complexity index is 1540. The molecule has 0 radical (unpaired) electrons. The number of likely N-dealkylation sites (N-methyl/N-ethyl adjacent to an activating group) is 1. The summed E-state index contributed by atoms with van der Waals surface area (Å²) >= 11 is 0. The molecule has 12 nitrogen and oxygen atoms in total. The van der Waals surface area contributed by atoms with Gasteiger partial charge in [0.15, 0.2) is 11.5 Å². The monoisotopic (exact) mass is 646 g/mol. The van der Waals surface area contributed by atoms with Crippen LogP contribution in [-0.4, -0.2) is 86.7 Å². The molecule has 3 aromatic rings. The number of para-hydroxylation sites is 1. The Morgan fingerprint density at radius 2 is 1.70 bits per heavy atom. The number of rotatable bonds is 9. The molecular formula is C35H42N4O8. The van der Waals surface area contributed by atoms with Crippen molar-refractivity contribution in [2.24, 2.45) is 0 Å². The molecule has 1 aliphatic heterocycles. The van der Waals surface area contributed by atoms with Crippen LogP contribution in [0.3, 0.4) is 0 Å². The summed E-state index contributed by atoms with van der Waals surface area (Å²) in [5.74, 6) is -0.0674. The van der Waals surface area contributed by atoms with Crippen LogP contribution in [0, 0.1) is 0 Å². The molecule has 2 atom stereocenters. The number of methoxy groups -OCH3 is 2. The predicted octanol–water partition coefficient (Wildman–Crippen LogP) is 2.62. The summed E-state index contributed by atoms with van der Waals surface area (Å²) in [5.41, 5.74) is 1.99. The maximum Gasteiger partial charge on any atom is 0.255 e. The molecule has 0 unspecified atom stereocenters. The molecule has 250 valence electrons. The van der Waals surface area contributed by atoms with Gasteiger partial charge in [-0.05, 0) is 66.8 Å². The topological polar surface area (TPSA) is 156 Å². The van der Waals surface area contributed by atoms with Gasteiger partial charge in [-0.3, -0.25) is 19.2 Å². The van der Waals surface area contributed by atoms with E-state index in [9.17, 15) is 24.3 Å². The highest BCUT2D eigenvalue weighted by Crippen LogP contribution is 2.28. The Balaban J connectivity index is 1.48. The molecule has 1 heterocycles. The maximum atomic E-state index is 13.4. The van der Waals surface area contributed by atoms with Crippen molar-refractivity contribution in [1.82, 2.24) is 20.9 Å². The zero-order chi connectivity index (χ0) is 33.8. The Labute approximate surface area is 274 Å². The average Bonchev–Trinajstić information content (AvgIpc) is 3.08. The van der Waals surface area contributed by atoms with Crippen LogP contribution in [0.2, 0.25) is 0 Å². The number of benzene rings is 3. The van der Waals surface area contributed by atoms with Gasteiger partial charge in [-0.15, -0.1) is 0 Å². The minimum Gasteiger partial charge on any atom is -0.508 e. The van der Waals surface area contributed by atoms with E-state index in [4.69, 9.17) is 14.2 Å². The normalized spacial score (nSPS) is 17.6. The summed E-state index contributed by atoms with van der Waals surface area (Å²) < 4.78 is 16.6. The quantitative estimate of drug-likeness (QED) is 0.259. The lowest BCUT2D eigenvalue weighted by molar-refractivity contribution is -0.135. The molecule has 0 saturated carbocycles. The molecule has 0 fully saturated rings. The molecule has 47 heavy (non-hydrogen) atoms. The highest BCUT2D eigenvalue weighted by Gasteiger charge is 2.28. The van der Waals surface area contributed by atoms with Crippen LogP contribution in [0.4, 0.5) is 0 Å². The first-order chi connectivity index (χ1) is 22.7. The summed E-state index contributed by atoms with van der Waals surface area (Å²) in [7, 11) is 4.76. The highest BCUT2D eigenvalue weighted by atomic mass is 16.5. The van der Waals surface area contributed by atoms with Crippen LogP contribution >= 0.6 is 0 Å². The van der Waals surface area contributed by atoms with E-state index in [-0.39, 0.29) is 49.6 Å². The smallest absolute Gasteiger partial charge is 0.255 e. The first kappa shape index (κ1) is 34.6. The Morgan fingerprint density at radius 1 is 0.979 bits per heavy atom. The SMILES string of the molecule is COc1ccc(CCCNC(=O)[C@@H]2CCC(=O)N[C@@H](Cc3ccc(O)cc3)C(=O)N(C)CCOc3ccccc3C(=O)N2)cc1OC. The molecule has 0 aromatic heterocycles. The minimum atomic E-state index is -1.03. The van der Waals surface area contributed by atoms with Gasteiger partial charge in [-0.1, -0.05) is 30.3 Å². The highest BCUT2D eigenvalue weighted by molar-refractivity contribution is 5.99. The van der Waals surface area contributed by atoms with E-state index in [1.165, 1.54) is 17.0 Å². The molecule has 4 amide bonds. The minimum absolute atomic E-state index is 0.00192. The maximum absolute atomic E-state index is 13.4. The molecule has 4 N–H and O–H groups in total. The number of amides is 4. The largest absolute Gasteiger partial charge is 0.508 e. The summed E-state index contributed by atoms with van der Waals surface area (Å²) in [6.45, 7) is 0.627. The first-order valence-electron chi connectivity index (χ1n) is 15.5. The standard InChI is InChI=1S/C35H42N4O8/c1-39-19-20-47-29-9-5-4-8-26(29)33(42)38-27(34(43)36-18-6-7-23-12-16-30(45-2)31(22-23)46-3)15-17-32(41)37-28(35(39)44)21-24-10-13-25(40)14-11-24/h4-5,8-14,16,22,27-28,40H,6-7,15,17-21H2,1-3H3,(H,36,43)(H,37,41)(H,38,42)/t27-,28-/m0/s1. The Kier molecular flexibility index (Phi) is 12.4. The van der Waals surface area contributed by atoms with Crippen LogP contribution in [-0.2, 0) is 27.2 Å². The van der Waals surface area contributed by atoms with Gasteiger partial charge < -0.3 is 40.2 Å². The van der Waals surface area contributed by atoms with E-state index >= 15 is 0 Å². The number of ether oxygens (including phenoxy) is 3. The van der Waals surface area contributed by atoms with E-state index in [2.05, 4.69) is 16.0 Å². The second kappa shape index (κ2) is 16.9. The number of nitrogens with zero attached hydrogens (tertiary/aromatic N) is 1. The molecule has 12 heteroatoms. The second-order valence-corrected chi connectivity index (χ2v) is 11.2. The van der Waals surface area contributed by atoms with Gasteiger partial charge in [-0.2, -0.15) is 0 Å². The Morgan fingerprint density at radius 3 is 2.45 bits per heavy atom. The molecule has 0 saturated heterocycles. The fourth-order valence-electron chi connectivity index (χ4n) is 5.23. The predicted molar refractivity (Wildman–Crippen MR) is 175 cm³/mol. The van der Waals surface area contributed by atoms with Crippen molar-refractivity contribution in [1.29, 1.82) is 0 Å². The Hall–Kier alpha value is -5.26. The molecular weight excluding hydrogens is 604 g/mol. The number of fused-ring (bicyclic) bond motifs is 1. The van der Waals surface area contributed by atoms with Crippen molar-refractivity contribution >= 4 is 23.6 Å². The number of phenols is 1. The van der Waals surface area contributed by atoms with Gasteiger partial charge in [0.05, 0.1) is 26.3 Å². The lowest BCUT2D eigenvalue weighted by atomic mass is 10.0. The third-order valence-electron chi connectivity index (χ3n) is 7.87. The average molecular weight is 647 g/mol. The fraction of sp³-hybridized carbons (Fsp3) is 0.371. The first-order valence-corrected chi connectivity index (χ1v) is 15.5. The lowest BCUT2D eigenvalue weighted by Crippen LogP contribution is -2.50. The van der Waals surface area contributed by atoms with Crippen molar-refractivity contribution in [3.8, 4) is 23.0 Å². The molecule has 1 aliphatic rings. The van der Waals surface area contributed by atoms with Gasteiger partial charge in [0, 0.05) is 26.4 Å². The van der Waals surface area contributed by atoms with Crippen LogP contribution in [0.1, 0.15) is 40.7 Å². The van der Waals surface area contributed by atoms with Crippen LogP contribution in [0.25, 0.3) is 0 Å². The number of phenolic OH excluding ortho intramolecular Hbond substituents is 1. The van der Waals surface area contributed by atoms with Crippen LogP contribution < -0.4 is 30.2 Å². The summed E-state index contributed by atoms with van der Waals surface area (Å²) in [6.07, 6.45) is 1.35. The van der Waals surface area contributed by atoms with Crippen LogP contribution in [0.15, 0.2) is 66.7 Å². The van der Waals surface area contributed by atoms with Crippen molar-refractivity contribution in [3.63, 3.8) is 0 Å². The van der Waals surface area contributed by atoms with Gasteiger partial charge >= 0.3 is 0 Å². The third-order valence-corrected chi connectivity index (χ3v) is 7.87. The second-order valence-electron chi connectivity index (χ2n) is 11.2. The van der Waals surface area contributed by atoms with Gasteiger partial charge in [0.2, 0.25) is 17.7 Å². The molecule has 0 bridgehead atoms. The van der Waals surface area contributed by atoms with E-state index in [0.29, 0.717) is 36.6 Å². The summed E-state index contributed by atoms with van der Waals surface area (Å²) in [6, 6.07) is 16.8. The number of aromatic hydroxyl groups is 1. The number of aryl methyl sites for hydroxylation is 1. The lowest BCUT2D eigenvalue weighted by Gasteiger charge is -2.25. The molecule has 0 aliphatic carbocycles. The van der Waals surface area contributed by atoms with Gasteiger partial charge in [-0.25, -0.2) is 0 Å². The number of carbonyl (C=O) groups excluding carboxylic acids is 4. The summed E-state index contributed by atoms with van der Waals surface area (Å²) in [5, 5.41) is 18.1. The number of hydrogen-bond donors (Lipinski definition) is 4. The van der Waals surface area contributed by atoms with Crippen molar-refractivity contribution in [3.05, 3.63) is 83.4 Å². The van der Waals surface area contributed by atoms with E-state index in [0.717, 1.165) is 11.1 Å². The third kappa shape index (κ3) is 9.86. The van der Waals surface area contributed by atoms with Crippen LogP contribution in [0.5, 0.6) is 23.0 Å². The van der Waals surface area contributed by atoms with E-state index in [1.807, 2.05) is 18.2 Å². The zero-order valence-corrected chi connectivity index (χ0v) is 26.9. The molecule has 3 aromatic carbocycles. The van der Waals surface area contributed by atoms with E-state index < -0.39 is 29.8 Å². The van der Waals surface area contributed by atoms with Crippen molar-refractivity contribution < 1.29 is 38.5 Å². The van der Waals surface area contributed by atoms with Crippen molar-refractivity contribution in [2.45, 2.75) is 44.2 Å². The van der Waals surface area contributed by atoms with E-state index in [1.54, 1.807) is 57.7 Å². The number of hydrogen-bond acceptors (Lipinski definition) is 8. The number of nitrogens with one attached hydrogen (secondary N) is 3. The zero-order valence-electron chi connectivity index (χ0n) is 26.9. The fourth-order valence-corrected chi connectivity index (χ4v) is 5.23. The molecule has 4 rings (SSSR count). The van der Waals surface area contributed by atoms with Gasteiger partial charge in [0.25, 0.3) is 5.91 Å². The van der Waals surface area contributed by atoms with Crippen molar-refractivity contribution in [2.75, 3.05) is 41.0 Å². The van der Waals surface area contributed by atoms with Gasteiger partial charge in [0.1, 0.15) is 30.2 Å². The molecule has 0 spiro atoms.